The van der Waals surface area contributed by atoms with Crippen molar-refractivity contribution in [2.24, 2.45) is 11.3 Å². The number of nitrogens with zero attached hydrogens (tertiary/aromatic N) is 1. The van der Waals surface area contributed by atoms with Crippen LogP contribution in [0.5, 0.6) is 0 Å². The number of alkyl halides is 1. The summed E-state index contributed by atoms with van der Waals surface area (Å²) in [5.41, 5.74) is 0.848. The van der Waals surface area contributed by atoms with Crippen LogP contribution in [0.25, 0.3) is 0 Å². The fourth-order valence-electron chi connectivity index (χ4n) is 3.20. The summed E-state index contributed by atoms with van der Waals surface area (Å²) in [6.07, 6.45) is 2.02. The summed E-state index contributed by atoms with van der Waals surface area (Å²) in [6, 6.07) is 4.50. The summed E-state index contributed by atoms with van der Waals surface area (Å²) < 4.78 is 14.3. The molecule has 1 saturated heterocycles. The molecule has 7 heteroatoms. The smallest absolute Gasteiger partial charge is 0.251 e. The standard InChI is InChI=1S/C21H31FIN3O2/c1-21(2,3)20(28)24-6-9-26-7-4-15(5-8-26)14-25-19(27)17-10-16(13-23)11-18(22)12-17/h10-12,15H,4-9,13-14H2,1-3H3,(H,24,28)(H,25,27). The van der Waals surface area contributed by atoms with Crippen molar-refractivity contribution in [3.05, 3.63) is 35.1 Å². The van der Waals surface area contributed by atoms with Crippen LogP contribution in [0.2, 0.25) is 0 Å². The van der Waals surface area contributed by atoms with Gasteiger partial charge in [-0.25, -0.2) is 4.39 Å². The minimum atomic E-state index is -0.369. The molecule has 1 aromatic rings. The van der Waals surface area contributed by atoms with Gasteiger partial charge in [0.15, 0.2) is 0 Å². The molecule has 1 heterocycles. The molecule has 0 unspecified atom stereocenters. The molecule has 0 aromatic heterocycles. The molecule has 2 rings (SSSR count). The number of hydrogen-bond acceptors (Lipinski definition) is 3. The summed E-state index contributed by atoms with van der Waals surface area (Å²) >= 11 is 2.16. The SMILES string of the molecule is CC(C)(C)C(=O)NCCN1CCC(CNC(=O)c2cc(F)cc(CI)c2)CC1. The molecule has 0 bridgehead atoms. The van der Waals surface area contributed by atoms with Crippen LogP contribution in [0.3, 0.4) is 0 Å². The van der Waals surface area contributed by atoms with Crippen molar-refractivity contribution in [1.29, 1.82) is 0 Å². The number of amides is 2. The highest BCUT2D eigenvalue weighted by atomic mass is 127. The number of hydrogen-bond donors (Lipinski definition) is 2. The highest BCUT2D eigenvalue weighted by Gasteiger charge is 2.22. The van der Waals surface area contributed by atoms with Gasteiger partial charge in [0.1, 0.15) is 5.82 Å². The van der Waals surface area contributed by atoms with E-state index in [-0.39, 0.29) is 23.0 Å². The Morgan fingerprint density at radius 1 is 1.18 bits per heavy atom. The molecule has 1 aliphatic rings. The topological polar surface area (TPSA) is 61.4 Å². The molecule has 0 spiro atoms. The molecule has 2 amide bonds. The van der Waals surface area contributed by atoms with Gasteiger partial charge >= 0.3 is 0 Å². The lowest BCUT2D eigenvalue weighted by molar-refractivity contribution is -0.128. The quantitative estimate of drug-likeness (QED) is 0.443. The van der Waals surface area contributed by atoms with Crippen LogP contribution in [0.1, 0.15) is 49.5 Å². The highest BCUT2D eigenvalue weighted by Crippen LogP contribution is 2.17. The van der Waals surface area contributed by atoms with Gasteiger partial charge in [-0.2, -0.15) is 0 Å². The third-order valence-electron chi connectivity index (χ3n) is 5.03. The van der Waals surface area contributed by atoms with Gasteiger partial charge in [-0.1, -0.05) is 43.4 Å². The zero-order valence-electron chi connectivity index (χ0n) is 17.0. The molecule has 1 aromatic carbocycles. The number of halogens is 2. The van der Waals surface area contributed by atoms with E-state index in [0.717, 1.165) is 38.0 Å². The highest BCUT2D eigenvalue weighted by molar-refractivity contribution is 14.1. The summed E-state index contributed by atoms with van der Waals surface area (Å²) in [7, 11) is 0. The first-order chi connectivity index (χ1) is 13.2. The average Bonchev–Trinajstić information content (AvgIpc) is 2.65. The number of carbonyl (C=O) groups is 2. The van der Waals surface area contributed by atoms with Gasteiger partial charge in [0.25, 0.3) is 5.91 Å². The van der Waals surface area contributed by atoms with Crippen LogP contribution in [0.15, 0.2) is 18.2 Å². The second-order valence-electron chi connectivity index (χ2n) is 8.48. The van der Waals surface area contributed by atoms with E-state index >= 15 is 0 Å². The molecular weight excluding hydrogens is 472 g/mol. The largest absolute Gasteiger partial charge is 0.354 e. The third-order valence-corrected chi connectivity index (χ3v) is 5.91. The summed E-state index contributed by atoms with van der Waals surface area (Å²) in [4.78, 5) is 26.6. The molecule has 28 heavy (non-hydrogen) atoms. The first-order valence-electron chi connectivity index (χ1n) is 9.83. The molecular formula is C21H31FIN3O2. The number of likely N-dealkylation sites (tertiary alicyclic amines) is 1. The fourth-order valence-corrected chi connectivity index (χ4v) is 3.65. The minimum Gasteiger partial charge on any atom is -0.354 e. The van der Waals surface area contributed by atoms with E-state index in [1.807, 2.05) is 20.8 Å². The molecule has 0 aliphatic carbocycles. The van der Waals surface area contributed by atoms with Crippen molar-refractivity contribution in [1.82, 2.24) is 15.5 Å². The van der Waals surface area contributed by atoms with E-state index in [2.05, 4.69) is 38.1 Å². The van der Waals surface area contributed by atoms with E-state index in [4.69, 9.17) is 0 Å². The zero-order valence-corrected chi connectivity index (χ0v) is 19.1. The molecule has 1 aliphatic heterocycles. The van der Waals surface area contributed by atoms with Crippen LogP contribution >= 0.6 is 22.6 Å². The van der Waals surface area contributed by atoms with E-state index in [1.54, 1.807) is 6.07 Å². The predicted octanol–water partition coefficient (Wildman–Crippen LogP) is 3.36. The van der Waals surface area contributed by atoms with Crippen LogP contribution in [-0.2, 0) is 9.22 Å². The molecule has 5 nitrogen and oxygen atoms in total. The van der Waals surface area contributed by atoms with Crippen molar-refractivity contribution in [2.45, 2.75) is 38.0 Å². The first-order valence-corrected chi connectivity index (χ1v) is 11.4. The van der Waals surface area contributed by atoms with Gasteiger partial charge in [0.2, 0.25) is 5.91 Å². The van der Waals surface area contributed by atoms with E-state index in [1.165, 1.54) is 12.1 Å². The molecule has 2 N–H and O–H groups in total. The van der Waals surface area contributed by atoms with Gasteiger partial charge < -0.3 is 15.5 Å². The maximum absolute atomic E-state index is 13.6. The van der Waals surface area contributed by atoms with Crippen molar-refractivity contribution in [3.63, 3.8) is 0 Å². The lowest BCUT2D eigenvalue weighted by Gasteiger charge is -2.32. The van der Waals surface area contributed by atoms with Gasteiger partial charge in [-0.15, -0.1) is 0 Å². The number of piperidine rings is 1. The normalized spacial score (nSPS) is 16.0. The molecule has 156 valence electrons. The van der Waals surface area contributed by atoms with Gasteiger partial charge in [0, 0.05) is 35.0 Å². The molecule has 0 saturated carbocycles. The van der Waals surface area contributed by atoms with Gasteiger partial charge in [0.05, 0.1) is 0 Å². The fraction of sp³-hybridized carbons (Fsp3) is 0.619. The monoisotopic (exact) mass is 503 g/mol. The summed E-state index contributed by atoms with van der Waals surface area (Å²) in [5.74, 6) is -0.0701. The summed E-state index contributed by atoms with van der Waals surface area (Å²) in [6.45, 7) is 9.79. The van der Waals surface area contributed by atoms with E-state index < -0.39 is 0 Å². The van der Waals surface area contributed by atoms with Crippen LogP contribution in [0.4, 0.5) is 4.39 Å². The Hall–Kier alpha value is -1.22. The van der Waals surface area contributed by atoms with Crippen molar-refractivity contribution < 1.29 is 14.0 Å². The maximum Gasteiger partial charge on any atom is 0.251 e. The van der Waals surface area contributed by atoms with Crippen LogP contribution in [0, 0.1) is 17.2 Å². The zero-order chi connectivity index (χ0) is 20.7. The molecule has 1 fully saturated rings. The average molecular weight is 503 g/mol. The molecule has 0 atom stereocenters. The Morgan fingerprint density at radius 3 is 2.46 bits per heavy atom. The van der Waals surface area contributed by atoms with Crippen molar-refractivity contribution in [2.75, 3.05) is 32.7 Å². The molecule has 0 radical (unpaired) electrons. The Labute approximate surface area is 181 Å². The predicted molar refractivity (Wildman–Crippen MR) is 118 cm³/mol. The number of nitrogens with one attached hydrogen (secondary N) is 2. The second-order valence-corrected chi connectivity index (χ2v) is 9.25. The van der Waals surface area contributed by atoms with Crippen LogP contribution < -0.4 is 10.6 Å². The lowest BCUT2D eigenvalue weighted by Crippen LogP contribution is -2.43. The Morgan fingerprint density at radius 2 is 1.86 bits per heavy atom. The minimum absolute atomic E-state index is 0.0770. The van der Waals surface area contributed by atoms with Crippen molar-refractivity contribution >= 4 is 34.4 Å². The Balaban J connectivity index is 1.69. The Kier molecular flexibility index (Phi) is 8.67. The Bertz CT molecular complexity index is 683. The third kappa shape index (κ3) is 7.31. The second kappa shape index (κ2) is 10.5. The van der Waals surface area contributed by atoms with Gasteiger partial charge in [-0.05, 0) is 55.6 Å². The van der Waals surface area contributed by atoms with Crippen LogP contribution in [-0.4, -0.2) is 49.4 Å². The number of rotatable bonds is 7. The number of carbonyl (C=O) groups excluding carboxylic acids is 2. The maximum atomic E-state index is 13.6. The van der Waals surface area contributed by atoms with Crippen molar-refractivity contribution in [3.8, 4) is 0 Å². The van der Waals surface area contributed by atoms with E-state index in [9.17, 15) is 14.0 Å². The van der Waals surface area contributed by atoms with E-state index in [0.29, 0.717) is 29.0 Å². The number of benzene rings is 1. The van der Waals surface area contributed by atoms with Gasteiger partial charge in [-0.3, -0.25) is 9.59 Å². The summed E-state index contributed by atoms with van der Waals surface area (Å²) in [5, 5.41) is 5.94. The first kappa shape index (κ1) is 23.1. The lowest BCUT2D eigenvalue weighted by atomic mass is 9.95.